The third-order valence-electron chi connectivity index (χ3n) is 2.71. The van der Waals surface area contributed by atoms with Crippen LogP contribution >= 0.6 is 12.2 Å². The molecule has 0 bridgehead atoms. The smallest absolute Gasteiger partial charge is 0.196 e. The van der Waals surface area contributed by atoms with Crippen molar-refractivity contribution >= 4 is 12.2 Å². The summed E-state index contributed by atoms with van der Waals surface area (Å²) in [6.45, 7) is 4.68. The first kappa shape index (κ1) is 12.9. The molecule has 2 rings (SSSR count). The summed E-state index contributed by atoms with van der Waals surface area (Å²) in [5, 5.41) is 7.14. The molecule has 2 aromatic heterocycles. The Bertz CT molecular complexity index is 573. The number of aromatic nitrogens is 4. The molecule has 0 atom stereocenters. The lowest BCUT2D eigenvalue weighted by Gasteiger charge is -2.26. The second kappa shape index (κ2) is 4.99. The van der Waals surface area contributed by atoms with Crippen LogP contribution in [0.5, 0.6) is 0 Å². The molecule has 0 aromatic carbocycles. The van der Waals surface area contributed by atoms with Crippen LogP contribution in [0.2, 0.25) is 0 Å². The molecule has 2 heterocycles. The summed E-state index contributed by atoms with van der Waals surface area (Å²) in [6, 6.07) is 3.81. The highest BCUT2D eigenvalue weighted by atomic mass is 32.1. The van der Waals surface area contributed by atoms with E-state index in [9.17, 15) is 0 Å². The van der Waals surface area contributed by atoms with Gasteiger partial charge in [-0.3, -0.25) is 14.6 Å². The number of nitrogens with one attached hydrogen (secondary N) is 1. The standard InChI is InChI=1S/C12H16N4OS/c1-12(2,8-17-3)16-10(14-15-11(16)18)9-4-6-13-7-5-9/h4-7H,8H2,1-3H3,(H,15,18). The van der Waals surface area contributed by atoms with Gasteiger partial charge < -0.3 is 4.74 Å². The lowest BCUT2D eigenvalue weighted by molar-refractivity contribution is 0.109. The van der Waals surface area contributed by atoms with Crippen LogP contribution < -0.4 is 0 Å². The van der Waals surface area contributed by atoms with Gasteiger partial charge in [0.1, 0.15) is 0 Å². The van der Waals surface area contributed by atoms with Gasteiger partial charge in [-0.25, -0.2) is 0 Å². The molecule has 18 heavy (non-hydrogen) atoms. The minimum atomic E-state index is -0.266. The van der Waals surface area contributed by atoms with Gasteiger partial charge in [-0.05, 0) is 38.2 Å². The zero-order valence-electron chi connectivity index (χ0n) is 10.7. The van der Waals surface area contributed by atoms with Crippen molar-refractivity contribution in [1.82, 2.24) is 19.7 Å². The second-order valence-electron chi connectivity index (χ2n) is 4.67. The molecule has 0 amide bonds. The number of rotatable bonds is 4. The van der Waals surface area contributed by atoms with Gasteiger partial charge in [0.15, 0.2) is 10.6 Å². The van der Waals surface area contributed by atoms with E-state index in [0.717, 1.165) is 11.4 Å². The van der Waals surface area contributed by atoms with E-state index in [1.807, 2.05) is 16.7 Å². The van der Waals surface area contributed by atoms with Crippen molar-refractivity contribution in [2.45, 2.75) is 19.4 Å². The number of ether oxygens (including phenoxy) is 1. The van der Waals surface area contributed by atoms with E-state index >= 15 is 0 Å². The van der Waals surface area contributed by atoms with Crippen LogP contribution in [0.1, 0.15) is 13.8 Å². The van der Waals surface area contributed by atoms with Gasteiger partial charge in [-0.2, -0.15) is 5.10 Å². The lowest BCUT2D eigenvalue weighted by Crippen LogP contribution is -2.32. The van der Waals surface area contributed by atoms with Gasteiger partial charge in [0.05, 0.1) is 12.1 Å². The highest BCUT2D eigenvalue weighted by Crippen LogP contribution is 2.24. The predicted octanol–water partition coefficient (Wildman–Crippen LogP) is 2.38. The lowest BCUT2D eigenvalue weighted by atomic mass is 10.1. The Morgan fingerprint density at radius 3 is 2.67 bits per heavy atom. The summed E-state index contributed by atoms with van der Waals surface area (Å²) in [5.74, 6) is 0.796. The third-order valence-corrected chi connectivity index (χ3v) is 2.99. The summed E-state index contributed by atoms with van der Waals surface area (Å²) >= 11 is 5.31. The van der Waals surface area contributed by atoms with Gasteiger partial charge in [-0.15, -0.1) is 0 Å². The first-order valence-electron chi connectivity index (χ1n) is 5.63. The topological polar surface area (TPSA) is 55.7 Å². The minimum Gasteiger partial charge on any atom is -0.382 e. The van der Waals surface area contributed by atoms with Gasteiger partial charge in [-0.1, -0.05) is 0 Å². The largest absolute Gasteiger partial charge is 0.382 e. The zero-order valence-corrected chi connectivity index (χ0v) is 11.5. The van der Waals surface area contributed by atoms with Gasteiger partial charge >= 0.3 is 0 Å². The molecule has 0 saturated carbocycles. The molecule has 96 valence electrons. The maximum absolute atomic E-state index is 5.31. The minimum absolute atomic E-state index is 0.266. The highest BCUT2D eigenvalue weighted by Gasteiger charge is 2.25. The first-order chi connectivity index (χ1) is 8.56. The van der Waals surface area contributed by atoms with Crippen molar-refractivity contribution in [2.24, 2.45) is 0 Å². The Morgan fingerprint density at radius 1 is 1.39 bits per heavy atom. The average molecular weight is 264 g/mol. The maximum Gasteiger partial charge on any atom is 0.196 e. The fraction of sp³-hybridized carbons (Fsp3) is 0.417. The van der Waals surface area contributed by atoms with Crippen LogP contribution in [0.25, 0.3) is 11.4 Å². The number of pyridine rings is 1. The van der Waals surface area contributed by atoms with E-state index in [0.29, 0.717) is 11.4 Å². The van der Waals surface area contributed by atoms with Gasteiger partial charge in [0, 0.05) is 25.1 Å². The van der Waals surface area contributed by atoms with Crippen LogP contribution in [-0.4, -0.2) is 33.5 Å². The Kier molecular flexibility index (Phi) is 3.58. The normalized spacial score (nSPS) is 11.7. The molecule has 0 saturated heterocycles. The maximum atomic E-state index is 5.31. The Morgan fingerprint density at radius 2 is 2.06 bits per heavy atom. The fourth-order valence-corrected chi connectivity index (χ4v) is 2.35. The molecule has 5 nitrogen and oxygen atoms in total. The number of aromatic amines is 1. The molecule has 0 aliphatic heterocycles. The second-order valence-corrected chi connectivity index (χ2v) is 5.06. The summed E-state index contributed by atoms with van der Waals surface area (Å²) < 4.78 is 7.82. The highest BCUT2D eigenvalue weighted by molar-refractivity contribution is 7.71. The molecule has 1 N–H and O–H groups in total. The summed E-state index contributed by atoms with van der Waals surface area (Å²) in [7, 11) is 1.68. The van der Waals surface area contributed by atoms with Crippen molar-refractivity contribution < 1.29 is 4.74 Å². The summed E-state index contributed by atoms with van der Waals surface area (Å²) in [5.41, 5.74) is 0.707. The van der Waals surface area contributed by atoms with Gasteiger partial charge in [0.25, 0.3) is 0 Å². The van der Waals surface area contributed by atoms with Crippen molar-refractivity contribution in [3.05, 3.63) is 29.3 Å². The van der Waals surface area contributed by atoms with E-state index in [1.54, 1.807) is 19.5 Å². The van der Waals surface area contributed by atoms with Gasteiger partial charge in [0.2, 0.25) is 0 Å². The molecule has 0 aliphatic carbocycles. The molecule has 0 radical (unpaired) electrons. The number of nitrogens with zero attached hydrogens (tertiary/aromatic N) is 3. The molecule has 2 aromatic rings. The molecule has 0 fully saturated rings. The van der Waals surface area contributed by atoms with Crippen molar-refractivity contribution in [2.75, 3.05) is 13.7 Å². The van der Waals surface area contributed by atoms with E-state index in [1.165, 1.54) is 0 Å². The Labute approximate surface area is 111 Å². The Balaban J connectivity index is 2.56. The van der Waals surface area contributed by atoms with Crippen LogP contribution in [0.15, 0.2) is 24.5 Å². The van der Waals surface area contributed by atoms with E-state index in [2.05, 4.69) is 29.0 Å². The SMILES string of the molecule is COCC(C)(C)n1c(-c2ccncc2)n[nH]c1=S. The Hall–Kier alpha value is -1.53. The monoisotopic (exact) mass is 264 g/mol. The molecule has 0 spiro atoms. The van der Waals surface area contributed by atoms with Crippen molar-refractivity contribution in [1.29, 1.82) is 0 Å². The molecular weight excluding hydrogens is 248 g/mol. The average Bonchev–Trinajstić information content (AvgIpc) is 2.73. The van der Waals surface area contributed by atoms with Crippen LogP contribution in [0.3, 0.4) is 0 Å². The first-order valence-corrected chi connectivity index (χ1v) is 6.04. The van der Waals surface area contributed by atoms with Crippen LogP contribution in [0, 0.1) is 4.77 Å². The van der Waals surface area contributed by atoms with Crippen molar-refractivity contribution in [3.8, 4) is 11.4 Å². The molecule has 0 unspecified atom stereocenters. The molecular formula is C12H16N4OS. The van der Waals surface area contributed by atoms with E-state index < -0.39 is 0 Å². The number of H-pyrrole nitrogens is 1. The van der Waals surface area contributed by atoms with Crippen LogP contribution in [0.4, 0.5) is 0 Å². The number of methoxy groups -OCH3 is 1. The van der Waals surface area contributed by atoms with Crippen molar-refractivity contribution in [3.63, 3.8) is 0 Å². The van der Waals surface area contributed by atoms with E-state index in [4.69, 9.17) is 17.0 Å². The number of hydrogen-bond acceptors (Lipinski definition) is 4. The predicted molar refractivity (Wildman–Crippen MR) is 71.8 cm³/mol. The zero-order chi connectivity index (χ0) is 13.2. The summed E-state index contributed by atoms with van der Waals surface area (Å²) in [6.07, 6.45) is 3.47. The summed E-state index contributed by atoms with van der Waals surface area (Å²) in [4.78, 5) is 4.01. The fourth-order valence-electron chi connectivity index (χ4n) is 1.97. The van der Waals surface area contributed by atoms with Crippen LogP contribution in [-0.2, 0) is 10.3 Å². The molecule has 6 heteroatoms. The quantitative estimate of drug-likeness (QED) is 0.861. The van der Waals surface area contributed by atoms with E-state index in [-0.39, 0.29) is 5.54 Å². The third kappa shape index (κ3) is 2.34. The number of hydrogen-bond donors (Lipinski definition) is 1. The molecule has 0 aliphatic rings.